The number of hydrogen-bond acceptors (Lipinski definition) is 2. The molecule has 2 rings (SSSR count). The van der Waals surface area contributed by atoms with E-state index in [2.05, 4.69) is 0 Å². The fourth-order valence-electron chi connectivity index (χ4n) is 1.62. The molecular formula is C12H12O2. The molecule has 2 heteroatoms. The normalized spacial score (nSPS) is 25.9. The number of carbonyl (C=O) groups is 1. The number of benzene rings is 1. The van der Waals surface area contributed by atoms with E-state index in [0.29, 0.717) is 0 Å². The first-order chi connectivity index (χ1) is 6.77. The lowest BCUT2D eigenvalue weighted by Crippen LogP contribution is -2.19. The molecular weight excluding hydrogens is 176 g/mol. The summed E-state index contributed by atoms with van der Waals surface area (Å²) >= 11 is 0. The van der Waals surface area contributed by atoms with Gasteiger partial charge in [0.2, 0.25) is 0 Å². The molecule has 1 aliphatic rings. The first-order valence-corrected chi connectivity index (χ1v) is 4.71. The summed E-state index contributed by atoms with van der Waals surface area (Å²) in [5.41, 5.74) is 1.05. The van der Waals surface area contributed by atoms with Crippen molar-refractivity contribution >= 4 is 5.97 Å². The number of cyclic esters (lactones) is 1. The van der Waals surface area contributed by atoms with E-state index in [1.807, 2.05) is 43.3 Å². The molecule has 0 N–H and O–H groups in total. The SMILES string of the molecule is C[C@@H]1C=CC(=O)O[C@@H]1c1ccccc1. The van der Waals surface area contributed by atoms with Crippen LogP contribution in [0, 0.1) is 5.92 Å². The van der Waals surface area contributed by atoms with Gasteiger partial charge in [0.1, 0.15) is 6.10 Å². The van der Waals surface area contributed by atoms with Crippen LogP contribution in [-0.2, 0) is 9.53 Å². The molecule has 0 aromatic heterocycles. The number of ether oxygens (including phenoxy) is 1. The summed E-state index contributed by atoms with van der Waals surface area (Å²) in [6.07, 6.45) is 3.25. The van der Waals surface area contributed by atoms with Crippen LogP contribution in [0.3, 0.4) is 0 Å². The summed E-state index contributed by atoms with van der Waals surface area (Å²) in [6.45, 7) is 2.04. The molecule has 1 aliphatic heterocycles. The highest BCUT2D eigenvalue weighted by Crippen LogP contribution is 2.29. The summed E-state index contributed by atoms with van der Waals surface area (Å²) < 4.78 is 5.26. The Morgan fingerprint density at radius 3 is 2.64 bits per heavy atom. The maximum atomic E-state index is 11.1. The third kappa shape index (κ3) is 1.69. The van der Waals surface area contributed by atoms with E-state index in [9.17, 15) is 4.79 Å². The minimum Gasteiger partial charge on any atom is -0.454 e. The molecule has 0 bridgehead atoms. The Bertz CT molecular complexity index is 354. The second kappa shape index (κ2) is 3.66. The predicted octanol–water partition coefficient (Wildman–Crippen LogP) is 2.48. The summed E-state index contributed by atoms with van der Waals surface area (Å²) in [5.74, 6) is -0.00736. The smallest absolute Gasteiger partial charge is 0.331 e. The van der Waals surface area contributed by atoms with E-state index in [1.54, 1.807) is 0 Å². The lowest BCUT2D eigenvalue weighted by Gasteiger charge is -2.24. The lowest BCUT2D eigenvalue weighted by atomic mass is 9.95. The highest BCUT2D eigenvalue weighted by atomic mass is 16.5. The monoisotopic (exact) mass is 188 g/mol. The lowest BCUT2D eigenvalue weighted by molar-refractivity contribution is -0.146. The molecule has 0 spiro atoms. The van der Waals surface area contributed by atoms with Gasteiger partial charge < -0.3 is 4.74 Å². The van der Waals surface area contributed by atoms with Crippen molar-refractivity contribution in [2.24, 2.45) is 5.92 Å². The molecule has 2 nitrogen and oxygen atoms in total. The molecule has 0 radical (unpaired) electrons. The van der Waals surface area contributed by atoms with Crippen molar-refractivity contribution in [3.63, 3.8) is 0 Å². The average molecular weight is 188 g/mol. The van der Waals surface area contributed by atoms with Gasteiger partial charge in [-0.1, -0.05) is 43.3 Å². The van der Waals surface area contributed by atoms with Crippen molar-refractivity contribution < 1.29 is 9.53 Å². The maximum Gasteiger partial charge on any atom is 0.331 e. The van der Waals surface area contributed by atoms with Gasteiger partial charge in [-0.25, -0.2) is 4.79 Å². The van der Waals surface area contributed by atoms with Crippen LogP contribution in [0.4, 0.5) is 0 Å². The zero-order valence-corrected chi connectivity index (χ0v) is 8.01. The van der Waals surface area contributed by atoms with E-state index < -0.39 is 0 Å². The first kappa shape index (κ1) is 9.00. The topological polar surface area (TPSA) is 26.3 Å². The van der Waals surface area contributed by atoms with Gasteiger partial charge in [0, 0.05) is 12.0 Å². The Kier molecular flexibility index (Phi) is 2.35. The van der Waals surface area contributed by atoms with Gasteiger partial charge in [-0.05, 0) is 5.56 Å². The van der Waals surface area contributed by atoms with Crippen LogP contribution in [0.5, 0.6) is 0 Å². The molecule has 1 heterocycles. The van der Waals surface area contributed by atoms with E-state index in [1.165, 1.54) is 6.08 Å². The van der Waals surface area contributed by atoms with Crippen LogP contribution < -0.4 is 0 Å². The van der Waals surface area contributed by atoms with E-state index >= 15 is 0 Å². The van der Waals surface area contributed by atoms with Gasteiger partial charge in [-0.3, -0.25) is 0 Å². The number of rotatable bonds is 1. The average Bonchev–Trinajstić information content (AvgIpc) is 2.23. The minimum absolute atomic E-state index is 0.131. The van der Waals surface area contributed by atoms with Crippen LogP contribution in [-0.4, -0.2) is 5.97 Å². The number of carbonyl (C=O) groups excluding carboxylic acids is 1. The molecule has 1 aromatic carbocycles. The zero-order chi connectivity index (χ0) is 9.97. The van der Waals surface area contributed by atoms with Crippen molar-refractivity contribution in [3.8, 4) is 0 Å². The van der Waals surface area contributed by atoms with Crippen LogP contribution >= 0.6 is 0 Å². The Labute approximate surface area is 83.2 Å². The van der Waals surface area contributed by atoms with Crippen molar-refractivity contribution in [1.29, 1.82) is 0 Å². The van der Waals surface area contributed by atoms with Crippen LogP contribution in [0.1, 0.15) is 18.6 Å². The van der Waals surface area contributed by atoms with Crippen LogP contribution in [0.15, 0.2) is 42.5 Å². The van der Waals surface area contributed by atoms with E-state index in [0.717, 1.165) is 5.56 Å². The fraction of sp³-hybridized carbons (Fsp3) is 0.250. The Hall–Kier alpha value is -1.57. The molecule has 0 saturated carbocycles. The van der Waals surface area contributed by atoms with E-state index in [4.69, 9.17) is 4.74 Å². The highest BCUT2D eigenvalue weighted by molar-refractivity contribution is 5.83. The molecule has 0 unspecified atom stereocenters. The molecule has 72 valence electrons. The summed E-state index contributed by atoms with van der Waals surface area (Å²) in [7, 11) is 0. The molecule has 0 aliphatic carbocycles. The third-order valence-corrected chi connectivity index (χ3v) is 2.38. The van der Waals surface area contributed by atoms with Gasteiger partial charge in [-0.2, -0.15) is 0 Å². The zero-order valence-electron chi connectivity index (χ0n) is 8.01. The summed E-state index contributed by atoms with van der Waals surface area (Å²) in [6, 6.07) is 9.82. The van der Waals surface area contributed by atoms with Crippen molar-refractivity contribution in [2.75, 3.05) is 0 Å². The second-order valence-corrected chi connectivity index (χ2v) is 3.49. The quantitative estimate of drug-likeness (QED) is 0.633. The molecule has 0 saturated heterocycles. The molecule has 2 atom stereocenters. The Morgan fingerprint density at radius 1 is 1.21 bits per heavy atom. The first-order valence-electron chi connectivity index (χ1n) is 4.71. The second-order valence-electron chi connectivity index (χ2n) is 3.49. The van der Waals surface area contributed by atoms with Crippen LogP contribution in [0.25, 0.3) is 0 Å². The van der Waals surface area contributed by atoms with Crippen molar-refractivity contribution in [2.45, 2.75) is 13.0 Å². The van der Waals surface area contributed by atoms with E-state index in [-0.39, 0.29) is 18.0 Å². The number of esters is 1. The highest BCUT2D eigenvalue weighted by Gasteiger charge is 2.24. The van der Waals surface area contributed by atoms with Crippen LogP contribution in [0.2, 0.25) is 0 Å². The fourth-order valence-corrected chi connectivity index (χ4v) is 1.62. The Balaban J connectivity index is 2.27. The summed E-state index contributed by atoms with van der Waals surface area (Å²) in [5, 5.41) is 0. The van der Waals surface area contributed by atoms with Gasteiger partial charge >= 0.3 is 5.97 Å². The van der Waals surface area contributed by atoms with Gasteiger partial charge in [0.15, 0.2) is 0 Å². The predicted molar refractivity (Wildman–Crippen MR) is 53.6 cm³/mol. The van der Waals surface area contributed by atoms with Gasteiger partial charge in [0.05, 0.1) is 0 Å². The minimum atomic E-state index is -0.253. The molecule has 0 amide bonds. The Morgan fingerprint density at radius 2 is 1.93 bits per heavy atom. The standard InChI is InChI=1S/C12H12O2/c1-9-7-8-11(13)14-12(9)10-5-3-2-4-6-10/h2-9,12H,1H3/t9-,12+/m1/s1. The maximum absolute atomic E-state index is 11.1. The third-order valence-electron chi connectivity index (χ3n) is 2.38. The van der Waals surface area contributed by atoms with Gasteiger partial charge in [0.25, 0.3) is 0 Å². The summed E-state index contributed by atoms with van der Waals surface area (Å²) in [4.78, 5) is 11.1. The van der Waals surface area contributed by atoms with Crippen molar-refractivity contribution in [1.82, 2.24) is 0 Å². The number of hydrogen-bond donors (Lipinski definition) is 0. The molecule has 0 fully saturated rings. The van der Waals surface area contributed by atoms with Crippen molar-refractivity contribution in [3.05, 3.63) is 48.0 Å². The molecule has 14 heavy (non-hydrogen) atoms. The largest absolute Gasteiger partial charge is 0.454 e. The van der Waals surface area contributed by atoms with Gasteiger partial charge in [-0.15, -0.1) is 0 Å². The molecule has 1 aromatic rings.